The molecule has 4 nitrogen and oxygen atoms in total. The predicted molar refractivity (Wildman–Crippen MR) is 118 cm³/mol. The lowest BCUT2D eigenvalue weighted by Gasteiger charge is -2.35. The number of nitrogens with zero attached hydrogens (tertiary/aromatic N) is 3. The standard InChI is InChI=1S/C25H24F3N3O/c26-25(27,28)20-7-9-21(10-8-20)29-14-11-18(12-15-29)24(32)31-17-22-5-3-13-30(22)16-19-4-1-2-6-23(19)31/h1-10,13,18H,11-12,14-17H2. The van der Waals surface area contributed by atoms with Crippen molar-refractivity contribution < 1.29 is 18.0 Å². The topological polar surface area (TPSA) is 28.5 Å². The zero-order chi connectivity index (χ0) is 22.3. The van der Waals surface area contributed by atoms with Gasteiger partial charge in [-0.3, -0.25) is 4.79 Å². The molecule has 1 amide bonds. The molecule has 7 heteroatoms. The second-order valence-corrected chi connectivity index (χ2v) is 8.49. The zero-order valence-corrected chi connectivity index (χ0v) is 17.6. The molecule has 0 radical (unpaired) electrons. The number of rotatable bonds is 2. The third-order valence-electron chi connectivity index (χ3n) is 6.54. The summed E-state index contributed by atoms with van der Waals surface area (Å²) in [5.41, 5.74) is 3.32. The van der Waals surface area contributed by atoms with Gasteiger partial charge in [0.2, 0.25) is 5.91 Å². The van der Waals surface area contributed by atoms with Crippen molar-refractivity contribution in [1.29, 1.82) is 0 Å². The first kappa shape index (κ1) is 20.7. The van der Waals surface area contributed by atoms with Crippen molar-refractivity contribution in [3.8, 4) is 0 Å². The Morgan fingerprint density at radius 2 is 1.59 bits per heavy atom. The van der Waals surface area contributed by atoms with Crippen LogP contribution in [0.3, 0.4) is 0 Å². The van der Waals surface area contributed by atoms with Gasteiger partial charge in [-0.25, -0.2) is 0 Å². The van der Waals surface area contributed by atoms with Gasteiger partial charge >= 0.3 is 6.18 Å². The van der Waals surface area contributed by atoms with Gasteiger partial charge in [0.15, 0.2) is 0 Å². The fourth-order valence-electron chi connectivity index (χ4n) is 4.75. The van der Waals surface area contributed by atoms with Crippen LogP contribution in [0.15, 0.2) is 66.9 Å². The van der Waals surface area contributed by atoms with Crippen LogP contribution in [0.25, 0.3) is 0 Å². The normalized spacial score (nSPS) is 17.0. The van der Waals surface area contributed by atoms with Crippen LogP contribution >= 0.6 is 0 Å². The monoisotopic (exact) mass is 439 g/mol. The molecule has 2 aliphatic rings. The number of alkyl halides is 3. The lowest BCUT2D eigenvalue weighted by atomic mass is 9.94. The summed E-state index contributed by atoms with van der Waals surface area (Å²) in [7, 11) is 0. The van der Waals surface area contributed by atoms with Gasteiger partial charge in [-0.1, -0.05) is 18.2 Å². The number of para-hydroxylation sites is 1. The van der Waals surface area contributed by atoms with Crippen molar-refractivity contribution in [2.75, 3.05) is 22.9 Å². The van der Waals surface area contributed by atoms with Crippen LogP contribution < -0.4 is 9.80 Å². The van der Waals surface area contributed by atoms with Crippen molar-refractivity contribution in [2.24, 2.45) is 5.92 Å². The van der Waals surface area contributed by atoms with E-state index in [2.05, 4.69) is 21.6 Å². The largest absolute Gasteiger partial charge is 0.416 e. The highest BCUT2D eigenvalue weighted by Crippen LogP contribution is 2.33. The first-order valence-corrected chi connectivity index (χ1v) is 10.9. The molecule has 1 fully saturated rings. The van der Waals surface area contributed by atoms with Gasteiger partial charge in [0.25, 0.3) is 0 Å². The van der Waals surface area contributed by atoms with Gasteiger partial charge in [-0.2, -0.15) is 13.2 Å². The average Bonchev–Trinajstić information content (AvgIpc) is 3.17. The van der Waals surface area contributed by atoms with E-state index in [1.807, 2.05) is 35.4 Å². The van der Waals surface area contributed by atoms with E-state index in [0.29, 0.717) is 32.5 Å². The van der Waals surface area contributed by atoms with Gasteiger partial charge < -0.3 is 14.4 Å². The van der Waals surface area contributed by atoms with Crippen molar-refractivity contribution >= 4 is 17.3 Å². The average molecular weight is 439 g/mol. The molecule has 2 aliphatic heterocycles. The minimum Gasteiger partial charge on any atom is -0.371 e. The second kappa shape index (κ2) is 8.04. The lowest BCUT2D eigenvalue weighted by Crippen LogP contribution is -2.42. The number of aromatic nitrogens is 1. The number of hydrogen-bond donors (Lipinski definition) is 0. The van der Waals surface area contributed by atoms with Gasteiger partial charge in [0.1, 0.15) is 0 Å². The Balaban J connectivity index is 1.30. The maximum atomic E-state index is 13.6. The van der Waals surface area contributed by atoms with Crippen molar-refractivity contribution in [3.05, 3.63) is 83.7 Å². The molecule has 0 bridgehead atoms. The SMILES string of the molecule is O=C(C1CCN(c2ccc(C(F)(F)F)cc2)CC1)N1Cc2cccn2Cc2ccccc21. The number of anilines is 2. The van der Waals surface area contributed by atoms with Crippen LogP contribution in [-0.4, -0.2) is 23.6 Å². The summed E-state index contributed by atoms with van der Waals surface area (Å²) in [5.74, 6) is 0.0226. The maximum absolute atomic E-state index is 13.6. The highest BCUT2D eigenvalue weighted by Gasteiger charge is 2.33. The number of halogens is 3. The number of hydrogen-bond acceptors (Lipinski definition) is 2. The molecule has 3 aromatic rings. The molecule has 0 saturated carbocycles. The van der Waals surface area contributed by atoms with Gasteiger partial charge in [-0.05, 0) is 60.9 Å². The smallest absolute Gasteiger partial charge is 0.371 e. The number of carbonyl (C=O) groups excluding carboxylic acids is 1. The highest BCUT2D eigenvalue weighted by atomic mass is 19.4. The van der Waals surface area contributed by atoms with Crippen LogP contribution in [0.4, 0.5) is 24.5 Å². The lowest BCUT2D eigenvalue weighted by molar-refractivity contribution is -0.137. The molecule has 0 N–H and O–H groups in total. The van der Waals surface area contributed by atoms with Crippen LogP contribution in [-0.2, 0) is 24.1 Å². The number of carbonyl (C=O) groups is 1. The molecule has 1 saturated heterocycles. The summed E-state index contributed by atoms with van der Waals surface area (Å²) in [6.45, 7) is 2.58. The summed E-state index contributed by atoms with van der Waals surface area (Å²) in [6.07, 6.45) is -0.928. The van der Waals surface area contributed by atoms with E-state index in [9.17, 15) is 18.0 Å². The molecule has 166 valence electrons. The molecular weight excluding hydrogens is 415 g/mol. The molecule has 32 heavy (non-hydrogen) atoms. The molecule has 0 aliphatic carbocycles. The fourth-order valence-corrected chi connectivity index (χ4v) is 4.75. The predicted octanol–water partition coefficient (Wildman–Crippen LogP) is 5.32. The van der Waals surface area contributed by atoms with Crippen molar-refractivity contribution in [1.82, 2.24) is 4.57 Å². The summed E-state index contributed by atoms with van der Waals surface area (Å²) in [4.78, 5) is 17.5. The van der Waals surface area contributed by atoms with E-state index >= 15 is 0 Å². The van der Waals surface area contributed by atoms with Crippen LogP contribution in [0.1, 0.15) is 29.7 Å². The summed E-state index contributed by atoms with van der Waals surface area (Å²) in [6, 6.07) is 17.4. The van der Waals surface area contributed by atoms with Gasteiger partial charge in [-0.15, -0.1) is 0 Å². The fraction of sp³-hybridized carbons (Fsp3) is 0.320. The van der Waals surface area contributed by atoms with E-state index in [0.717, 1.165) is 41.3 Å². The number of benzene rings is 2. The van der Waals surface area contributed by atoms with Crippen LogP contribution in [0.2, 0.25) is 0 Å². The molecule has 0 atom stereocenters. The van der Waals surface area contributed by atoms with E-state index in [1.165, 1.54) is 12.1 Å². The minimum absolute atomic E-state index is 0.102. The van der Waals surface area contributed by atoms with Crippen LogP contribution in [0.5, 0.6) is 0 Å². The van der Waals surface area contributed by atoms with Crippen molar-refractivity contribution in [2.45, 2.75) is 32.1 Å². The molecule has 0 spiro atoms. The third kappa shape index (κ3) is 3.87. The van der Waals surface area contributed by atoms with Gasteiger partial charge in [0.05, 0.1) is 12.1 Å². The molecule has 5 rings (SSSR count). The molecule has 1 aromatic heterocycles. The third-order valence-corrected chi connectivity index (χ3v) is 6.54. The maximum Gasteiger partial charge on any atom is 0.416 e. The summed E-state index contributed by atoms with van der Waals surface area (Å²) >= 11 is 0. The van der Waals surface area contributed by atoms with E-state index in [1.54, 1.807) is 0 Å². The van der Waals surface area contributed by atoms with E-state index in [-0.39, 0.29) is 11.8 Å². The first-order chi connectivity index (χ1) is 15.4. The molecule has 2 aromatic carbocycles. The highest BCUT2D eigenvalue weighted by molar-refractivity contribution is 5.96. The second-order valence-electron chi connectivity index (χ2n) is 8.49. The molecule has 0 unspecified atom stereocenters. The van der Waals surface area contributed by atoms with E-state index < -0.39 is 11.7 Å². The summed E-state index contributed by atoms with van der Waals surface area (Å²) in [5, 5.41) is 0. The molecular formula is C25H24F3N3O. The minimum atomic E-state index is -4.33. The Morgan fingerprint density at radius 3 is 2.31 bits per heavy atom. The Hall–Kier alpha value is -3.22. The number of amides is 1. The molecule has 3 heterocycles. The number of fused-ring (bicyclic) bond motifs is 2. The first-order valence-electron chi connectivity index (χ1n) is 10.9. The Bertz CT molecular complexity index is 1110. The van der Waals surface area contributed by atoms with Crippen LogP contribution in [0, 0.1) is 5.92 Å². The van der Waals surface area contributed by atoms with Crippen molar-refractivity contribution in [3.63, 3.8) is 0 Å². The Morgan fingerprint density at radius 1 is 0.875 bits per heavy atom. The van der Waals surface area contributed by atoms with Gasteiger partial charge in [0, 0.05) is 48.8 Å². The Labute approximate surface area is 184 Å². The number of piperidine rings is 1. The Kier molecular flexibility index (Phi) is 5.19. The quantitative estimate of drug-likeness (QED) is 0.541. The summed E-state index contributed by atoms with van der Waals surface area (Å²) < 4.78 is 40.7. The zero-order valence-electron chi connectivity index (χ0n) is 17.6. The van der Waals surface area contributed by atoms with E-state index in [4.69, 9.17) is 0 Å².